The molecule has 360 valence electrons. The summed E-state index contributed by atoms with van der Waals surface area (Å²) in [7, 11) is 0. The van der Waals surface area contributed by atoms with E-state index in [2.05, 4.69) is 214 Å². The lowest BCUT2D eigenvalue weighted by Gasteiger charge is -2.61. The molecular formula is C70H53N3OS. The Hall–Kier alpha value is -7.86. The van der Waals surface area contributed by atoms with Crippen LogP contribution in [0.1, 0.15) is 68.2 Å². The number of para-hydroxylation sites is 1. The van der Waals surface area contributed by atoms with Gasteiger partial charge < -0.3 is 4.74 Å². The Kier molecular flexibility index (Phi) is 9.47. The van der Waals surface area contributed by atoms with Crippen molar-refractivity contribution in [3.05, 3.63) is 222 Å². The molecular weight excluding hydrogens is 931 g/mol. The largest absolute Gasteiger partial charge is 0.455 e. The van der Waals surface area contributed by atoms with E-state index in [0.29, 0.717) is 29.3 Å². The third-order valence-electron chi connectivity index (χ3n) is 18.3. The standard InChI is InChI=1S/C70H53N3OS/c1-69(2)58-24-10-9-21-54(58)55-23-14-22-53(63(55)69)45-19-13-20-46(36-45)66-71-67(73-68(72-66)50-38-48(43-15-5-3-6-16-43)37-49(39-50)44-17-7-4-8-18-44)47-27-29-59-57(40-47)56-28-30-62-65(74-60-25-11-12-26-61(60)75-62)64(56)70(59)51-32-41-31-42(34-51)35-52(70)33-41/h3-30,36-42,51-52H,31-35H2,1-2H3. The summed E-state index contributed by atoms with van der Waals surface area (Å²) in [6.45, 7) is 4.73. The first kappa shape index (κ1) is 43.5. The Labute approximate surface area is 443 Å². The van der Waals surface area contributed by atoms with Gasteiger partial charge in [-0.25, -0.2) is 15.0 Å². The summed E-state index contributed by atoms with van der Waals surface area (Å²) in [5.41, 5.74) is 20.4. The normalized spacial score (nSPS) is 21.4. The predicted molar refractivity (Wildman–Crippen MR) is 304 cm³/mol. The van der Waals surface area contributed by atoms with E-state index in [1.165, 1.54) is 92.0 Å². The molecule has 4 saturated carbocycles. The molecule has 1 aliphatic heterocycles. The number of fused-ring (bicyclic) bond motifs is 9. The number of hydrogen-bond acceptors (Lipinski definition) is 5. The second-order valence-corrected chi connectivity index (χ2v) is 23.8. The fraction of sp³-hybridized carbons (Fsp3) is 0.186. The van der Waals surface area contributed by atoms with Crippen LogP contribution in [0, 0.1) is 23.7 Å². The Balaban J connectivity index is 0.897. The molecule has 0 radical (unpaired) electrons. The van der Waals surface area contributed by atoms with Crippen LogP contribution < -0.4 is 4.74 Å². The molecule has 4 nitrogen and oxygen atoms in total. The maximum atomic E-state index is 7.15. The van der Waals surface area contributed by atoms with E-state index in [-0.39, 0.29) is 10.8 Å². The van der Waals surface area contributed by atoms with E-state index >= 15 is 0 Å². The maximum Gasteiger partial charge on any atom is 0.164 e. The smallest absolute Gasteiger partial charge is 0.164 e. The molecule has 0 unspecified atom stereocenters. The summed E-state index contributed by atoms with van der Waals surface area (Å²) in [4.78, 5) is 19.0. The van der Waals surface area contributed by atoms with Gasteiger partial charge in [-0.15, -0.1) is 0 Å². The lowest BCUT2D eigenvalue weighted by molar-refractivity contribution is -0.0407. The number of benzene rings is 9. The number of ether oxygens (including phenoxy) is 1. The maximum absolute atomic E-state index is 7.15. The molecule has 1 spiro atoms. The van der Waals surface area contributed by atoms with Gasteiger partial charge in [-0.1, -0.05) is 177 Å². The molecule has 7 aliphatic rings. The fourth-order valence-electron chi connectivity index (χ4n) is 15.4. The van der Waals surface area contributed by atoms with E-state index in [0.717, 1.165) is 67.8 Å². The average molecular weight is 984 g/mol. The summed E-state index contributed by atoms with van der Waals surface area (Å²) >= 11 is 1.86. The van der Waals surface area contributed by atoms with Gasteiger partial charge in [0.2, 0.25) is 0 Å². The molecule has 4 bridgehead atoms. The number of aromatic nitrogens is 3. The lowest BCUT2D eigenvalue weighted by Crippen LogP contribution is -2.55. The molecule has 5 heteroatoms. The summed E-state index contributed by atoms with van der Waals surface area (Å²) in [6.07, 6.45) is 6.59. The molecule has 17 rings (SSSR count). The first-order valence-electron chi connectivity index (χ1n) is 27.0. The van der Waals surface area contributed by atoms with Gasteiger partial charge in [0.25, 0.3) is 0 Å². The minimum absolute atomic E-state index is 0.0933. The Morgan fingerprint density at radius 3 is 1.67 bits per heavy atom. The van der Waals surface area contributed by atoms with Crippen LogP contribution in [0.15, 0.2) is 210 Å². The zero-order valence-corrected chi connectivity index (χ0v) is 42.9. The average Bonchev–Trinajstić information content (AvgIpc) is 4.01. The van der Waals surface area contributed by atoms with Crippen molar-refractivity contribution in [2.24, 2.45) is 23.7 Å². The van der Waals surface area contributed by atoms with Crippen LogP contribution in [0.4, 0.5) is 0 Å². The molecule has 0 atom stereocenters. The third kappa shape index (κ3) is 6.53. The van der Waals surface area contributed by atoms with E-state index in [1.807, 2.05) is 11.8 Å². The highest BCUT2D eigenvalue weighted by atomic mass is 32.2. The second-order valence-electron chi connectivity index (χ2n) is 22.7. The Morgan fingerprint density at radius 1 is 0.387 bits per heavy atom. The first-order valence-corrected chi connectivity index (χ1v) is 27.8. The quantitative estimate of drug-likeness (QED) is 0.166. The van der Waals surface area contributed by atoms with Crippen LogP contribution in [0.3, 0.4) is 0 Å². The molecule has 6 aliphatic carbocycles. The first-order chi connectivity index (χ1) is 36.8. The van der Waals surface area contributed by atoms with Crippen LogP contribution in [0.2, 0.25) is 0 Å². The van der Waals surface area contributed by atoms with Crippen molar-refractivity contribution in [3.63, 3.8) is 0 Å². The molecule has 2 heterocycles. The topological polar surface area (TPSA) is 47.9 Å². The van der Waals surface area contributed by atoms with Gasteiger partial charge in [-0.05, 0) is 177 Å². The van der Waals surface area contributed by atoms with Gasteiger partial charge >= 0.3 is 0 Å². The summed E-state index contributed by atoms with van der Waals surface area (Å²) in [6, 6.07) is 73.2. The zero-order chi connectivity index (χ0) is 49.6. The molecule has 1 aromatic heterocycles. The molecule has 0 N–H and O–H groups in total. The van der Waals surface area contributed by atoms with Crippen LogP contribution in [0.5, 0.6) is 11.5 Å². The highest BCUT2D eigenvalue weighted by molar-refractivity contribution is 7.99. The van der Waals surface area contributed by atoms with E-state index in [1.54, 1.807) is 0 Å². The molecule has 9 aromatic carbocycles. The highest BCUT2D eigenvalue weighted by Crippen LogP contribution is 2.72. The van der Waals surface area contributed by atoms with Gasteiger partial charge in [0.05, 0.1) is 9.79 Å². The Bertz CT molecular complexity index is 3920. The Morgan fingerprint density at radius 2 is 0.933 bits per heavy atom. The molecule has 10 aromatic rings. The third-order valence-corrected chi connectivity index (χ3v) is 19.4. The van der Waals surface area contributed by atoms with Crippen molar-refractivity contribution in [3.8, 4) is 101 Å². The van der Waals surface area contributed by atoms with Crippen LogP contribution in [-0.2, 0) is 10.8 Å². The highest BCUT2D eigenvalue weighted by Gasteiger charge is 2.63. The minimum atomic E-state index is -0.164. The van der Waals surface area contributed by atoms with E-state index < -0.39 is 0 Å². The van der Waals surface area contributed by atoms with Crippen molar-refractivity contribution in [2.45, 2.75) is 66.6 Å². The lowest BCUT2D eigenvalue weighted by atomic mass is 9.43. The number of hydrogen-bond donors (Lipinski definition) is 0. The predicted octanol–water partition coefficient (Wildman–Crippen LogP) is 18.2. The van der Waals surface area contributed by atoms with Gasteiger partial charge in [-0.2, -0.15) is 0 Å². The summed E-state index contributed by atoms with van der Waals surface area (Å²) in [5, 5.41) is 0. The van der Waals surface area contributed by atoms with Gasteiger partial charge in [-0.3, -0.25) is 0 Å². The second kappa shape index (κ2) is 16.3. The fourth-order valence-corrected chi connectivity index (χ4v) is 16.4. The van der Waals surface area contributed by atoms with E-state index in [4.69, 9.17) is 19.7 Å². The molecule has 0 saturated heterocycles. The SMILES string of the molecule is CC1(C)c2ccccc2-c2cccc(-c3cccc(-c4nc(-c5cc(-c6ccccc6)cc(-c6ccccc6)c5)nc(-c5ccc6c(c5)-c5ccc7c(c5C65C6CC8CC(C6)CC5C8)Oc5ccccc5S7)n4)c3)c21. The van der Waals surface area contributed by atoms with Crippen molar-refractivity contribution < 1.29 is 4.74 Å². The van der Waals surface area contributed by atoms with Crippen molar-refractivity contribution >= 4 is 11.8 Å². The molecule has 75 heavy (non-hydrogen) atoms. The van der Waals surface area contributed by atoms with Crippen molar-refractivity contribution in [2.75, 3.05) is 0 Å². The van der Waals surface area contributed by atoms with E-state index in [9.17, 15) is 0 Å². The van der Waals surface area contributed by atoms with Crippen LogP contribution in [-0.4, -0.2) is 15.0 Å². The molecule has 0 amide bonds. The number of nitrogens with zero attached hydrogens (tertiary/aromatic N) is 3. The van der Waals surface area contributed by atoms with Crippen molar-refractivity contribution in [1.29, 1.82) is 0 Å². The van der Waals surface area contributed by atoms with Gasteiger partial charge in [0.15, 0.2) is 17.5 Å². The van der Waals surface area contributed by atoms with Gasteiger partial charge in [0.1, 0.15) is 11.5 Å². The summed E-state index contributed by atoms with van der Waals surface area (Å²) in [5.74, 6) is 6.82. The van der Waals surface area contributed by atoms with Crippen molar-refractivity contribution in [1.82, 2.24) is 15.0 Å². The molecule has 4 fully saturated rings. The number of rotatable bonds is 6. The minimum Gasteiger partial charge on any atom is -0.455 e. The monoisotopic (exact) mass is 983 g/mol. The zero-order valence-electron chi connectivity index (χ0n) is 42.1. The van der Waals surface area contributed by atoms with Crippen LogP contribution in [0.25, 0.3) is 89.8 Å². The van der Waals surface area contributed by atoms with Crippen LogP contribution >= 0.6 is 11.8 Å². The van der Waals surface area contributed by atoms with Gasteiger partial charge in [0, 0.05) is 33.1 Å². The summed E-state index contributed by atoms with van der Waals surface area (Å²) < 4.78 is 7.15.